The quantitative estimate of drug-likeness (QED) is 0.907. The molecule has 0 fully saturated rings. The summed E-state index contributed by atoms with van der Waals surface area (Å²) < 4.78 is 0. The van der Waals surface area contributed by atoms with E-state index < -0.39 is 0 Å². The van der Waals surface area contributed by atoms with Crippen LogP contribution in [0.3, 0.4) is 0 Å². The van der Waals surface area contributed by atoms with E-state index in [1.165, 1.54) is 0 Å². The minimum Gasteiger partial charge on any atom is -0.317 e. The molecule has 0 amide bonds. The molecule has 1 unspecified atom stereocenters. The number of allylic oxidation sites excluding steroid dienone is 1. The van der Waals surface area contributed by atoms with Gasteiger partial charge in [-0.1, -0.05) is 54.1 Å². The van der Waals surface area contributed by atoms with Crippen molar-refractivity contribution in [3.8, 4) is 6.07 Å². The molecule has 5 heteroatoms. The zero-order valence-electron chi connectivity index (χ0n) is 13.2. The standard InChI is InChI=1S/C19H16ClN3O/c1-23-17(13-5-3-2-4-6-13)11-18(24)16(12-21)19(22-23)14-7-9-15(20)10-8-14/h2-10,17,22H,11H2,1H3. The molecule has 24 heavy (non-hydrogen) atoms. The van der Waals surface area contributed by atoms with Gasteiger partial charge < -0.3 is 5.43 Å². The highest BCUT2D eigenvalue weighted by atomic mass is 35.5. The first-order valence-electron chi connectivity index (χ1n) is 7.58. The van der Waals surface area contributed by atoms with Crippen LogP contribution in [0.4, 0.5) is 0 Å². The van der Waals surface area contributed by atoms with Gasteiger partial charge >= 0.3 is 0 Å². The lowest BCUT2D eigenvalue weighted by Crippen LogP contribution is -2.35. The van der Waals surface area contributed by atoms with Gasteiger partial charge in [-0.3, -0.25) is 4.79 Å². The normalized spacial score (nSPS) is 18.7. The summed E-state index contributed by atoms with van der Waals surface area (Å²) >= 11 is 5.93. The number of hydrogen-bond donors (Lipinski definition) is 1. The van der Waals surface area contributed by atoms with Crippen molar-refractivity contribution in [3.05, 3.63) is 76.3 Å². The van der Waals surface area contributed by atoms with E-state index in [2.05, 4.69) is 11.5 Å². The third-order valence-electron chi connectivity index (χ3n) is 4.09. The number of nitrogens with zero attached hydrogens (tertiary/aromatic N) is 2. The predicted molar refractivity (Wildman–Crippen MR) is 93.7 cm³/mol. The Hall–Kier alpha value is -2.61. The molecule has 1 atom stereocenters. The molecule has 120 valence electrons. The first-order chi connectivity index (χ1) is 11.6. The number of halogens is 1. The maximum absolute atomic E-state index is 12.7. The average Bonchev–Trinajstić information content (AvgIpc) is 2.72. The Balaban J connectivity index is 2.02. The molecule has 0 bridgehead atoms. The molecule has 0 spiro atoms. The van der Waals surface area contributed by atoms with Crippen LogP contribution in [0.15, 0.2) is 60.2 Å². The van der Waals surface area contributed by atoms with Crippen molar-refractivity contribution >= 4 is 23.1 Å². The van der Waals surface area contributed by atoms with E-state index >= 15 is 0 Å². The Morgan fingerprint density at radius 1 is 1.17 bits per heavy atom. The third kappa shape index (κ3) is 3.18. The van der Waals surface area contributed by atoms with E-state index in [9.17, 15) is 10.1 Å². The highest BCUT2D eigenvalue weighted by Crippen LogP contribution is 2.30. The van der Waals surface area contributed by atoms with E-state index in [1.54, 1.807) is 24.3 Å². The summed E-state index contributed by atoms with van der Waals surface area (Å²) in [5.41, 5.74) is 5.65. The van der Waals surface area contributed by atoms with Gasteiger partial charge in [-0.25, -0.2) is 5.01 Å². The van der Waals surface area contributed by atoms with Gasteiger partial charge in [0.2, 0.25) is 0 Å². The van der Waals surface area contributed by atoms with Gasteiger partial charge in [0.15, 0.2) is 5.78 Å². The summed E-state index contributed by atoms with van der Waals surface area (Å²) in [4.78, 5) is 12.7. The van der Waals surface area contributed by atoms with Crippen molar-refractivity contribution in [2.24, 2.45) is 0 Å². The Morgan fingerprint density at radius 3 is 2.46 bits per heavy atom. The van der Waals surface area contributed by atoms with Crippen LogP contribution in [-0.2, 0) is 4.79 Å². The van der Waals surface area contributed by atoms with Crippen LogP contribution < -0.4 is 5.43 Å². The van der Waals surface area contributed by atoms with E-state index in [0.29, 0.717) is 10.7 Å². The molecule has 0 saturated heterocycles. The monoisotopic (exact) mass is 337 g/mol. The second kappa shape index (κ2) is 6.88. The maximum Gasteiger partial charge on any atom is 0.177 e. The van der Waals surface area contributed by atoms with Gasteiger partial charge in [0.25, 0.3) is 0 Å². The van der Waals surface area contributed by atoms with Gasteiger partial charge in [-0.15, -0.1) is 0 Å². The predicted octanol–water partition coefficient (Wildman–Crippen LogP) is 3.73. The van der Waals surface area contributed by atoms with E-state index in [-0.39, 0.29) is 23.8 Å². The van der Waals surface area contributed by atoms with Gasteiger partial charge in [0.1, 0.15) is 11.6 Å². The Labute approximate surface area is 145 Å². The molecule has 1 aliphatic heterocycles. The Morgan fingerprint density at radius 2 is 1.83 bits per heavy atom. The van der Waals surface area contributed by atoms with Crippen molar-refractivity contribution in [1.29, 1.82) is 5.26 Å². The van der Waals surface area contributed by atoms with Crippen LogP contribution in [0, 0.1) is 11.3 Å². The molecule has 1 aliphatic rings. The summed E-state index contributed by atoms with van der Waals surface area (Å²) in [6.45, 7) is 0. The fraction of sp³-hybridized carbons (Fsp3) is 0.158. The smallest absolute Gasteiger partial charge is 0.177 e. The number of hydrogen-bond acceptors (Lipinski definition) is 4. The van der Waals surface area contributed by atoms with E-state index in [0.717, 1.165) is 11.1 Å². The molecule has 0 aromatic heterocycles. The zero-order chi connectivity index (χ0) is 17.1. The number of rotatable bonds is 2. The first-order valence-corrected chi connectivity index (χ1v) is 7.96. The number of hydrazine groups is 1. The number of carbonyl (C=O) groups is 1. The molecule has 1 heterocycles. The summed E-state index contributed by atoms with van der Waals surface area (Å²) in [5.74, 6) is -0.173. The molecular formula is C19H16ClN3O. The second-order valence-electron chi connectivity index (χ2n) is 5.65. The Bertz CT molecular complexity index is 822. The van der Waals surface area contributed by atoms with Crippen molar-refractivity contribution in [3.63, 3.8) is 0 Å². The largest absolute Gasteiger partial charge is 0.317 e. The van der Waals surface area contributed by atoms with Gasteiger partial charge in [0, 0.05) is 24.1 Å². The number of benzene rings is 2. The van der Waals surface area contributed by atoms with Crippen LogP contribution in [0.2, 0.25) is 5.02 Å². The minimum absolute atomic E-state index is 0.141. The summed E-state index contributed by atoms with van der Waals surface area (Å²) in [6, 6.07) is 18.8. The highest BCUT2D eigenvalue weighted by molar-refractivity contribution is 6.30. The molecule has 2 aromatic carbocycles. The number of ketones is 1. The molecule has 0 aliphatic carbocycles. The molecule has 0 radical (unpaired) electrons. The number of Topliss-reactive ketones (excluding diaryl/α,β-unsaturated/α-hetero) is 1. The summed E-state index contributed by atoms with van der Waals surface area (Å²) in [7, 11) is 1.88. The van der Waals surface area contributed by atoms with Gasteiger partial charge in [-0.05, 0) is 17.7 Å². The molecule has 1 N–H and O–H groups in total. The minimum atomic E-state index is -0.173. The molecule has 2 aromatic rings. The Kier molecular flexibility index (Phi) is 4.66. The number of nitriles is 1. The van der Waals surface area contributed by atoms with Crippen LogP contribution in [-0.4, -0.2) is 17.8 Å². The second-order valence-corrected chi connectivity index (χ2v) is 6.08. The van der Waals surface area contributed by atoms with Gasteiger partial charge in [0.05, 0.1) is 11.7 Å². The fourth-order valence-electron chi connectivity index (χ4n) is 2.82. The topological polar surface area (TPSA) is 56.1 Å². The number of carbonyl (C=O) groups excluding carboxylic acids is 1. The zero-order valence-corrected chi connectivity index (χ0v) is 13.9. The molecule has 4 nitrogen and oxygen atoms in total. The molecule has 0 saturated carbocycles. The number of nitrogens with one attached hydrogen (secondary N) is 1. The SMILES string of the molecule is CN1NC(c2ccc(Cl)cc2)=C(C#N)C(=O)CC1c1ccccc1. The average molecular weight is 338 g/mol. The fourth-order valence-corrected chi connectivity index (χ4v) is 2.95. The molecule has 3 rings (SSSR count). The van der Waals surface area contributed by atoms with Crippen molar-refractivity contribution in [1.82, 2.24) is 10.4 Å². The highest BCUT2D eigenvalue weighted by Gasteiger charge is 2.29. The van der Waals surface area contributed by atoms with Crippen LogP contribution >= 0.6 is 11.6 Å². The maximum atomic E-state index is 12.7. The van der Waals surface area contributed by atoms with Crippen molar-refractivity contribution in [2.45, 2.75) is 12.5 Å². The van der Waals surface area contributed by atoms with Crippen molar-refractivity contribution in [2.75, 3.05) is 7.05 Å². The van der Waals surface area contributed by atoms with Gasteiger partial charge in [-0.2, -0.15) is 5.26 Å². The first kappa shape index (κ1) is 16.3. The van der Waals surface area contributed by atoms with Crippen molar-refractivity contribution < 1.29 is 4.79 Å². The van der Waals surface area contributed by atoms with E-state index in [4.69, 9.17) is 11.6 Å². The lowest BCUT2D eigenvalue weighted by molar-refractivity contribution is -0.116. The summed E-state index contributed by atoms with van der Waals surface area (Å²) in [6.07, 6.45) is 0.244. The third-order valence-corrected chi connectivity index (χ3v) is 4.34. The lowest BCUT2D eigenvalue weighted by Gasteiger charge is -2.27. The molecular weight excluding hydrogens is 322 g/mol. The van der Waals surface area contributed by atoms with Crippen LogP contribution in [0.5, 0.6) is 0 Å². The van der Waals surface area contributed by atoms with Crippen LogP contribution in [0.25, 0.3) is 5.70 Å². The van der Waals surface area contributed by atoms with Crippen LogP contribution in [0.1, 0.15) is 23.6 Å². The van der Waals surface area contributed by atoms with E-state index in [1.807, 2.05) is 42.4 Å². The lowest BCUT2D eigenvalue weighted by atomic mass is 9.97. The summed E-state index contributed by atoms with van der Waals surface area (Å²) in [5, 5.41) is 12.0.